The average molecular weight is 583 g/mol. The van der Waals surface area contributed by atoms with Crippen molar-refractivity contribution in [1.82, 2.24) is 15.2 Å². The van der Waals surface area contributed by atoms with E-state index >= 15 is 0 Å². The molecule has 0 spiro atoms. The summed E-state index contributed by atoms with van der Waals surface area (Å²) >= 11 is 1.50. The number of aromatic nitrogens is 1. The molecule has 2 aromatic heterocycles. The number of hydrogen-bond donors (Lipinski definition) is 2. The smallest absolute Gasteiger partial charge is 0.351 e. The number of benzene rings is 1. The number of thioether (sulfide) groups is 1. The number of carbonyl (C=O) groups is 1. The van der Waals surface area contributed by atoms with Gasteiger partial charge in [0.2, 0.25) is 5.60 Å². The van der Waals surface area contributed by atoms with Gasteiger partial charge in [-0.1, -0.05) is 0 Å². The molecule has 3 aromatic rings. The SMILES string of the molecule is CSCCNC(=O)c1ccc(C2=CC(c3cc(C(F)(F)F)cc(C(F)(F)F)c3)(C(F)(F)F)ON2)n2cccc12. The van der Waals surface area contributed by atoms with E-state index in [9.17, 15) is 44.3 Å². The summed E-state index contributed by atoms with van der Waals surface area (Å²) in [6.45, 7) is 0.361. The number of hydroxylamine groups is 1. The van der Waals surface area contributed by atoms with Gasteiger partial charge in [0, 0.05) is 24.1 Å². The molecule has 0 fully saturated rings. The molecule has 4 rings (SSSR count). The second-order valence-corrected chi connectivity index (χ2v) is 9.42. The van der Waals surface area contributed by atoms with Gasteiger partial charge in [0.1, 0.15) is 0 Å². The monoisotopic (exact) mass is 583 g/mol. The first kappa shape index (κ1) is 28.7. The minimum atomic E-state index is -5.48. The van der Waals surface area contributed by atoms with Crippen molar-refractivity contribution in [3.63, 3.8) is 0 Å². The second kappa shape index (κ2) is 10.0. The van der Waals surface area contributed by atoms with E-state index in [1.807, 2.05) is 11.7 Å². The number of pyridine rings is 1. The maximum Gasteiger partial charge on any atom is 0.428 e. The minimum absolute atomic E-state index is 0.00445. The van der Waals surface area contributed by atoms with Gasteiger partial charge in [-0.2, -0.15) is 51.3 Å². The molecular weight excluding hydrogens is 565 g/mol. The number of nitrogens with one attached hydrogen (secondary N) is 2. The lowest BCUT2D eigenvalue weighted by Crippen LogP contribution is -2.43. The van der Waals surface area contributed by atoms with Crippen LogP contribution in [0.3, 0.4) is 0 Å². The molecule has 0 saturated carbocycles. The van der Waals surface area contributed by atoms with Gasteiger partial charge in [-0.05, 0) is 54.8 Å². The number of alkyl halides is 9. The number of nitrogens with zero attached hydrogens (tertiary/aromatic N) is 1. The lowest BCUT2D eigenvalue weighted by Gasteiger charge is -2.29. The first-order valence-electron chi connectivity index (χ1n) is 11.0. The zero-order chi connectivity index (χ0) is 28.8. The highest BCUT2D eigenvalue weighted by atomic mass is 32.2. The number of halogens is 9. The Kier molecular flexibility index (Phi) is 7.36. The summed E-state index contributed by atoms with van der Waals surface area (Å²) in [5.74, 6) is 0.192. The largest absolute Gasteiger partial charge is 0.428 e. The van der Waals surface area contributed by atoms with Gasteiger partial charge in [0.15, 0.2) is 0 Å². The van der Waals surface area contributed by atoms with E-state index < -0.39 is 52.4 Å². The van der Waals surface area contributed by atoms with Gasteiger partial charge >= 0.3 is 18.5 Å². The average Bonchev–Trinajstić information content (AvgIpc) is 3.50. The van der Waals surface area contributed by atoms with Gasteiger partial charge in [-0.25, -0.2) is 0 Å². The first-order chi connectivity index (χ1) is 18.1. The van der Waals surface area contributed by atoms with Crippen LogP contribution in [0.1, 0.15) is 32.7 Å². The summed E-state index contributed by atoms with van der Waals surface area (Å²) in [7, 11) is 0. The molecule has 1 aromatic carbocycles. The Morgan fingerprint density at radius 2 is 1.64 bits per heavy atom. The van der Waals surface area contributed by atoms with E-state index in [2.05, 4.69) is 5.32 Å². The van der Waals surface area contributed by atoms with Crippen molar-refractivity contribution >= 4 is 28.9 Å². The van der Waals surface area contributed by atoms with E-state index in [4.69, 9.17) is 4.84 Å². The van der Waals surface area contributed by atoms with Crippen LogP contribution in [0.5, 0.6) is 0 Å². The molecule has 1 unspecified atom stereocenters. The summed E-state index contributed by atoms with van der Waals surface area (Å²) in [5, 5.41) is 2.70. The lowest BCUT2D eigenvalue weighted by molar-refractivity contribution is -0.269. The molecule has 3 heterocycles. The molecule has 1 atom stereocenters. The van der Waals surface area contributed by atoms with Crippen LogP contribution in [-0.4, -0.2) is 35.0 Å². The minimum Gasteiger partial charge on any atom is -0.351 e. The molecule has 5 nitrogen and oxygen atoms in total. The van der Waals surface area contributed by atoms with Crippen LogP contribution < -0.4 is 10.8 Å². The second-order valence-electron chi connectivity index (χ2n) is 8.43. The van der Waals surface area contributed by atoms with Gasteiger partial charge in [-0.15, -0.1) is 0 Å². The molecule has 2 N–H and O–H groups in total. The van der Waals surface area contributed by atoms with Crippen molar-refractivity contribution in [1.29, 1.82) is 0 Å². The first-order valence-corrected chi connectivity index (χ1v) is 12.4. The predicted octanol–water partition coefficient (Wildman–Crippen LogP) is 6.40. The zero-order valence-electron chi connectivity index (χ0n) is 19.7. The fraction of sp³-hybridized carbons (Fsp3) is 0.292. The lowest BCUT2D eigenvalue weighted by atomic mass is 9.89. The highest BCUT2D eigenvalue weighted by Gasteiger charge is 2.60. The number of fused-ring (bicyclic) bond motifs is 1. The molecule has 1 aliphatic rings. The Morgan fingerprint density at radius 1 is 1.00 bits per heavy atom. The maximum atomic E-state index is 14.4. The third-order valence-electron chi connectivity index (χ3n) is 5.91. The van der Waals surface area contributed by atoms with E-state index in [0.717, 1.165) is 0 Å². The Bertz CT molecular complexity index is 1390. The van der Waals surface area contributed by atoms with Gasteiger partial charge in [0.05, 0.1) is 33.6 Å². The van der Waals surface area contributed by atoms with E-state index in [1.54, 1.807) is 0 Å². The predicted molar refractivity (Wildman–Crippen MR) is 124 cm³/mol. The van der Waals surface area contributed by atoms with Gasteiger partial charge < -0.3 is 9.72 Å². The number of amides is 1. The quantitative estimate of drug-likeness (QED) is 0.261. The summed E-state index contributed by atoms with van der Waals surface area (Å²) < 4.78 is 125. The highest BCUT2D eigenvalue weighted by molar-refractivity contribution is 7.98. The molecular formula is C24H18F9N3O2S. The van der Waals surface area contributed by atoms with Crippen LogP contribution >= 0.6 is 11.8 Å². The van der Waals surface area contributed by atoms with Crippen molar-refractivity contribution in [3.8, 4) is 0 Å². The van der Waals surface area contributed by atoms with Crippen LogP contribution in [0.15, 0.2) is 54.7 Å². The molecule has 0 bridgehead atoms. The molecule has 1 amide bonds. The Morgan fingerprint density at radius 3 is 2.21 bits per heavy atom. The Hall–Kier alpha value is -3.33. The Balaban J connectivity index is 1.85. The summed E-state index contributed by atoms with van der Waals surface area (Å²) in [5.41, 5.74) is -6.86. The normalized spacial score (nSPS) is 18.3. The zero-order valence-corrected chi connectivity index (χ0v) is 20.5. The third-order valence-corrected chi connectivity index (χ3v) is 6.52. The molecule has 210 valence electrons. The Labute approximate surface area is 219 Å². The van der Waals surface area contributed by atoms with Crippen LogP contribution in [-0.2, 0) is 22.8 Å². The fourth-order valence-corrected chi connectivity index (χ4v) is 4.36. The number of rotatable bonds is 6. The van der Waals surface area contributed by atoms with E-state index in [1.165, 1.54) is 46.6 Å². The van der Waals surface area contributed by atoms with Crippen molar-refractivity contribution in [3.05, 3.63) is 82.7 Å². The highest BCUT2D eigenvalue weighted by Crippen LogP contribution is 2.49. The maximum absolute atomic E-state index is 14.4. The van der Waals surface area contributed by atoms with Crippen LogP contribution in [0.25, 0.3) is 11.2 Å². The molecule has 15 heteroatoms. The van der Waals surface area contributed by atoms with Crippen LogP contribution in [0.4, 0.5) is 39.5 Å². The van der Waals surface area contributed by atoms with Crippen LogP contribution in [0, 0.1) is 0 Å². The molecule has 0 radical (unpaired) electrons. The molecule has 0 aliphatic carbocycles. The number of carbonyl (C=O) groups excluding carboxylic acids is 1. The van der Waals surface area contributed by atoms with Gasteiger partial charge in [0.25, 0.3) is 5.91 Å². The van der Waals surface area contributed by atoms with Crippen molar-refractivity contribution in [2.45, 2.75) is 24.1 Å². The topological polar surface area (TPSA) is 54.8 Å². The van der Waals surface area contributed by atoms with Crippen molar-refractivity contribution < 1.29 is 49.1 Å². The summed E-state index contributed by atoms with van der Waals surface area (Å²) in [6.07, 6.45) is -12.6. The summed E-state index contributed by atoms with van der Waals surface area (Å²) in [6, 6.07) is 5.30. The summed E-state index contributed by atoms with van der Waals surface area (Å²) in [4.78, 5) is 17.4. The van der Waals surface area contributed by atoms with E-state index in [-0.39, 0.29) is 29.5 Å². The molecule has 0 saturated heterocycles. The number of hydrogen-bond acceptors (Lipinski definition) is 4. The fourth-order valence-electron chi connectivity index (χ4n) is 4.05. The standard InChI is InChI=1S/C24H18F9N3O2S/c1-39-8-6-34-20(37)16-4-5-19(36-7-2-3-18(16)36)17-12-21(38-35-17,24(31,32)33)13-9-14(22(25,26)27)11-15(10-13)23(28,29)30/h2-5,7,9-12,35H,6,8H2,1H3,(H,34,37). The molecule has 1 aliphatic heterocycles. The van der Waals surface area contributed by atoms with Gasteiger partial charge in [-0.3, -0.25) is 15.1 Å². The van der Waals surface area contributed by atoms with Crippen LogP contribution in [0.2, 0.25) is 0 Å². The van der Waals surface area contributed by atoms with Crippen molar-refractivity contribution in [2.24, 2.45) is 0 Å². The van der Waals surface area contributed by atoms with Crippen molar-refractivity contribution in [2.75, 3.05) is 18.6 Å². The van der Waals surface area contributed by atoms with E-state index in [0.29, 0.717) is 23.9 Å². The molecule has 39 heavy (non-hydrogen) atoms. The third kappa shape index (κ3) is 5.41.